The molecule has 0 aliphatic heterocycles. The van der Waals surface area contributed by atoms with Crippen molar-refractivity contribution in [1.82, 2.24) is 5.43 Å². The van der Waals surface area contributed by atoms with E-state index in [2.05, 4.69) is 32.3 Å². The van der Waals surface area contributed by atoms with Gasteiger partial charge < -0.3 is 9.47 Å². The summed E-state index contributed by atoms with van der Waals surface area (Å²) in [5.41, 5.74) is 6.19. The lowest BCUT2D eigenvalue weighted by Crippen LogP contribution is -2.32. The number of benzene rings is 1. The minimum Gasteiger partial charge on any atom is -0.496 e. The average molecular weight is 252 g/mol. The summed E-state index contributed by atoms with van der Waals surface area (Å²) in [6, 6.07) is 4.07. The standard InChI is InChI=1S/C14H24N2O2/c1-5-8-18-9-13(16-15)12-7-6-10(2)11(3)14(12)17-4/h6-7,13,16H,5,8-9,15H2,1-4H3. The molecule has 18 heavy (non-hydrogen) atoms. The molecule has 0 bridgehead atoms. The second kappa shape index (κ2) is 7.36. The molecule has 3 N–H and O–H groups in total. The van der Waals surface area contributed by atoms with E-state index in [-0.39, 0.29) is 6.04 Å². The van der Waals surface area contributed by atoms with Crippen molar-refractivity contribution in [3.05, 3.63) is 28.8 Å². The van der Waals surface area contributed by atoms with Gasteiger partial charge in [-0.3, -0.25) is 11.3 Å². The molecule has 1 unspecified atom stereocenters. The first kappa shape index (κ1) is 15.0. The number of aryl methyl sites for hydroxylation is 1. The Hall–Kier alpha value is -1.10. The second-order valence-electron chi connectivity index (χ2n) is 4.42. The molecule has 0 fully saturated rings. The van der Waals surface area contributed by atoms with Crippen molar-refractivity contribution in [2.24, 2.45) is 5.84 Å². The van der Waals surface area contributed by atoms with E-state index in [4.69, 9.17) is 15.3 Å². The summed E-state index contributed by atoms with van der Waals surface area (Å²) in [4.78, 5) is 0. The summed E-state index contributed by atoms with van der Waals surface area (Å²) >= 11 is 0. The van der Waals surface area contributed by atoms with Gasteiger partial charge in [-0.05, 0) is 31.4 Å². The third-order valence-electron chi connectivity index (χ3n) is 3.12. The normalized spacial score (nSPS) is 12.5. The van der Waals surface area contributed by atoms with Crippen molar-refractivity contribution in [1.29, 1.82) is 0 Å². The van der Waals surface area contributed by atoms with Crippen LogP contribution < -0.4 is 16.0 Å². The van der Waals surface area contributed by atoms with E-state index in [1.165, 1.54) is 5.56 Å². The molecular formula is C14H24N2O2. The van der Waals surface area contributed by atoms with Gasteiger partial charge in [0.2, 0.25) is 0 Å². The van der Waals surface area contributed by atoms with Gasteiger partial charge in [-0.2, -0.15) is 0 Å². The molecule has 1 rings (SSSR count). The number of nitrogens with two attached hydrogens (primary N) is 1. The van der Waals surface area contributed by atoms with Crippen molar-refractivity contribution in [2.45, 2.75) is 33.2 Å². The highest BCUT2D eigenvalue weighted by Gasteiger charge is 2.17. The Labute approximate surface area is 109 Å². The zero-order valence-corrected chi connectivity index (χ0v) is 11.7. The molecule has 1 aromatic rings. The quantitative estimate of drug-likeness (QED) is 0.444. The predicted molar refractivity (Wildman–Crippen MR) is 73.6 cm³/mol. The Morgan fingerprint density at radius 2 is 2.06 bits per heavy atom. The molecule has 0 radical (unpaired) electrons. The average Bonchev–Trinajstić information content (AvgIpc) is 2.38. The zero-order chi connectivity index (χ0) is 13.5. The van der Waals surface area contributed by atoms with Gasteiger partial charge in [-0.25, -0.2) is 0 Å². The van der Waals surface area contributed by atoms with Crippen LogP contribution in [0.4, 0.5) is 0 Å². The molecule has 0 heterocycles. The number of rotatable bonds is 7. The molecule has 0 aromatic heterocycles. The van der Waals surface area contributed by atoms with E-state index < -0.39 is 0 Å². The SMILES string of the molecule is CCCOCC(NN)c1ccc(C)c(C)c1OC. The maximum absolute atomic E-state index is 5.61. The molecule has 1 atom stereocenters. The van der Waals surface area contributed by atoms with Gasteiger partial charge in [-0.1, -0.05) is 19.1 Å². The highest BCUT2D eigenvalue weighted by atomic mass is 16.5. The van der Waals surface area contributed by atoms with Crippen molar-refractivity contribution in [3.63, 3.8) is 0 Å². The Balaban J connectivity index is 2.94. The van der Waals surface area contributed by atoms with E-state index in [0.29, 0.717) is 6.61 Å². The van der Waals surface area contributed by atoms with Crippen LogP contribution in [-0.2, 0) is 4.74 Å². The molecule has 0 amide bonds. The van der Waals surface area contributed by atoms with Crippen molar-refractivity contribution < 1.29 is 9.47 Å². The maximum atomic E-state index is 5.61. The molecule has 0 saturated heterocycles. The van der Waals surface area contributed by atoms with Crippen molar-refractivity contribution >= 4 is 0 Å². The summed E-state index contributed by atoms with van der Waals surface area (Å²) in [6.45, 7) is 7.49. The second-order valence-corrected chi connectivity index (χ2v) is 4.42. The van der Waals surface area contributed by atoms with E-state index >= 15 is 0 Å². The summed E-state index contributed by atoms with van der Waals surface area (Å²) in [5, 5.41) is 0. The van der Waals surface area contributed by atoms with E-state index in [9.17, 15) is 0 Å². The fraction of sp³-hybridized carbons (Fsp3) is 0.571. The van der Waals surface area contributed by atoms with Crippen LogP contribution >= 0.6 is 0 Å². The lowest BCUT2D eigenvalue weighted by Gasteiger charge is -2.21. The zero-order valence-electron chi connectivity index (χ0n) is 11.7. The molecule has 4 nitrogen and oxygen atoms in total. The Morgan fingerprint density at radius 1 is 1.33 bits per heavy atom. The van der Waals surface area contributed by atoms with Gasteiger partial charge in [0.25, 0.3) is 0 Å². The van der Waals surface area contributed by atoms with Crippen LogP contribution in [0.2, 0.25) is 0 Å². The fourth-order valence-corrected chi connectivity index (χ4v) is 1.93. The van der Waals surface area contributed by atoms with E-state index in [1.54, 1.807) is 7.11 Å². The smallest absolute Gasteiger partial charge is 0.126 e. The van der Waals surface area contributed by atoms with Gasteiger partial charge in [0, 0.05) is 12.2 Å². The summed E-state index contributed by atoms with van der Waals surface area (Å²) in [7, 11) is 1.69. The first-order valence-electron chi connectivity index (χ1n) is 6.33. The lowest BCUT2D eigenvalue weighted by molar-refractivity contribution is 0.111. The van der Waals surface area contributed by atoms with Crippen LogP contribution in [0.1, 0.15) is 36.1 Å². The van der Waals surface area contributed by atoms with Crippen LogP contribution in [0.15, 0.2) is 12.1 Å². The fourth-order valence-electron chi connectivity index (χ4n) is 1.93. The van der Waals surface area contributed by atoms with Crippen LogP contribution in [0.3, 0.4) is 0 Å². The van der Waals surface area contributed by atoms with Crippen molar-refractivity contribution in [3.8, 4) is 5.75 Å². The number of hydrazine groups is 1. The Bertz CT molecular complexity index is 380. The minimum atomic E-state index is -0.0502. The van der Waals surface area contributed by atoms with Crippen LogP contribution in [-0.4, -0.2) is 20.3 Å². The molecule has 0 spiro atoms. The lowest BCUT2D eigenvalue weighted by atomic mass is 10.00. The topological polar surface area (TPSA) is 56.5 Å². The van der Waals surface area contributed by atoms with Gasteiger partial charge in [-0.15, -0.1) is 0 Å². The summed E-state index contributed by atoms with van der Waals surface area (Å²) in [6.07, 6.45) is 1.00. The van der Waals surface area contributed by atoms with Crippen LogP contribution in [0, 0.1) is 13.8 Å². The number of hydrogen-bond donors (Lipinski definition) is 2. The number of hydrogen-bond acceptors (Lipinski definition) is 4. The molecule has 102 valence electrons. The largest absolute Gasteiger partial charge is 0.496 e. The maximum Gasteiger partial charge on any atom is 0.126 e. The predicted octanol–water partition coefficient (Wildman–Crippen LogP) is 2.24. The van der Waals surface area contributed by atoms with Gasteiger partial charge in [0.05, 0.1) is 19.8 Å². The third-order valence-corrected chi connectivity index (χ3v) is 3.12. The van der Waals surface area contributed by atoms with Gasteiger partial charge in [0.1, 0.15) is 5.75 Å². The van der Waals surface area contributed by atoms with E-state index in [1.807, 2.05) is 6.07 Å². The summed E-state index contributed by atoms with van der Waals surface area (Å²) in [5.74, 6) is 6.50. The third kappa shape index (κ3) is 3.45. The molecule has 0 aliphatic carbocycles. The first-order valence-corrected chi connectivity index (χ1v) is 6.33. The molecule has 0 saturated carbocycles. The highest BCUT2D eigenvalue weighted by molar-refractivity contribution is 5.46. The first-order chi connectivity index (χ1) is 8.65. The van der Waals surface area contributed by atoms with Crippen LogP contribution in [0.25, 0.3) is 0 Å². The van der Waals surface area contributed by atoms with Gasteiger partial charge >= 0.3 is 0 Å². The Morgan fingerprint density at radius 3 is 2.61 bits per heavy atom. The monoisotopic (exact) mass is 252 g/mol. The molecule has 4 heteroatoms. The molecule has 1 aromatic carbocycles. The number of nitrogens with one attached hydrogen (secondary N) is 1. The molecule has 0 aliphatic rings. The Kier molecular flexibility index (Phi) is 6.12. The van der Waals surface area contributed by atoms with Gasteiger partial charge in [0.15, 0.2) is 0 Å². The van der Waals surface area contributed by atoms with Crippen LogP contribution in [0.5, 0.6) is 5.75 Å². The van der Waals surface area contributed by atoms with E-state index in [0.717, 1.165) is 29.9 Å². The number of methoxy groups -OCH3 is 1. The number of ether oxygens (including phenoxy) is 2. The minimum absolute atomic E-state index is 0.0502. The highest BCUT2D eigenvalue weighted by Crippen LogP contribution is 2.30. The summed E-state index contributed by atoms with van der Waals surface area (Å²) < 4.78 is 11.1. The van der Waals surface area contributed by atoms with Crippen molar-refractivity contribution in [2.75, 3.05) is 20.3 Å². The molecular weight excluding hydrogens is 228 g/mol.